The van der Waals surface area contributed by atoms with E-state index >= 15 is 0 Å². The second kappa shape index (κ2) is 6.72. The van der Waals surface area contributed by atoms with Gasteiger partial charge in [-0.2, -0.15) is 0 Å². The third kappa shape index (κ3) is 3.12. The van der Waals surface area contributed by atoms with Crippen LogP contribution in [0.15, 0.2) is 30.5 Å². The topological polar surface area (TPSA) is 55.3 Å². The molecule has 0 bridgehead atoms. The Kier molecular flexibility index (Phi) is 4.68. The van der Waals surface area contributed by atoms with E-state index in [9.17, 15) is 4.79 Å². The monoisotopic (exact) mass is 315 g/mol. The molecule has 0 saturated carbocycles. The molecule has 3 rings (SSSR count). The van der Waals surface area contributed by atoms with Gasteiger partial charge in [-0.25, -0.2) is 0 Å². The van der Waals surface area contributed by atoms with Crippen molar-refractivity contribution in [1.82, 2.24) is 9.88 Å². The van der Waals surface area contributed by atoms with E-state index in [1.54, 1.807) is 7.11 Å². The van der Waals surface area contributed by atoms with Crippen LogP contribution in [0.2, 0.25) is 0 Å². The zero-order valence-corrected chi connectivity index (χ0v) is 13.9. The molecule has 5 heteroatoms. The molecule has 0 spiro atoms. The molecule has 23 heavy (non-hydrogen) atoms. The highest BCUT2D eigenvalue weighted by atomic mass is 16.5. The van der Waals surface area contributed by atoms with Crippen molar-refractivity contribution in [2.24, 2.45) is 0 Å². The first-order chi connectivity index (χ1) is 11.2. The van der Waals surface area contributed by atoms with Gasteiger partial charge in [0.05, 0.1) is 5.52 Å². The lowest BCUT2D eigenvalue weighted by atomic mass is 9.91. The first-order valence-electron chi connectivity index (χ1n) is 8.35. The van der Waals surface area contributed by atoms with Gasteiger partial charge >= 0.3 is 0 Å². The molecule has 0 unspecified atom stereocenters. The van der Waals surface area contributed by atoms with Gasteiger partial charge in [0.1, 0.15) is 5.60 Å². The van der Waals surface area contributed by atoms with E-state index in [4.69, 9.17) is 4.74 Å². The standard InChI is InChI=1S/C18H25N3O2/c1-3-11-21-12-6-14-4-5-15(13-16(14)21)20-17(22)18(23-2)7-9-19-10-8-18/h4-6,12-13,19H,3,7-11H2,1-2H3,(H,20,22). The molecule has 2 aromatic rings. The molecule has 2 N–H and O–H groups in total. The molecule has 5 nitrogen and oxygen atoms in total. The molecule has 2 heterocycles. The maximum absolute atomic E-state index is 12.7. The van der Waals surface area contributed by atoms with Crippen molar-refractivity contribution in [3.63, 3.8) is 0 Å². The van der Waals surface area contributed by atoms with Crippen molar-refractivity contribution in [1.29, 1.82) is 0 Å². The number of amides is 1. The number of methoxy groups -OCH3 is 1. The molecule has 124 valence electrons. The fourth-order valence-electron chi connectivity index (χ4n) is 3.30. The largest absolute Gasteiger partial charge is 0.368 e. The lowest BCUT2D eigenvalue weighted by molar-refractivity contribution is -0.140. The van der Waals surface area contributed by atoms with Gasteiger partial charge in [0.25, 0.3) is 5.91 Å². The first-order valence-corrected chi connectivity index (χ1v) is 8.35. The second-order valence-corrected chi connectivity index (χ2v) is 6.19. The molecule has 1 saturated heterocycles. The highest BCUT2D eigenvalue weighted by Crippen LogP contribution is 2.26. The van der Waals surface area contributed by atoms with Gasteiger partial charge in [-0.1, -0.05) is 13.0 Å². The molecule has 1 aliphatic rings. The van der Waals surface area contributed by atoms with Gasteiger partial charge in [-0.15, -0.1) is 0 Å². The number of anilines is 1. The van der Waals surface area contributed by atoms with Crippen LogP contribution in [0.1, 0.15) is 26.2 Å². The number of hydrogen-bond acceptors (Lipinski definition) is 3. The van der Waals surface area contributed by atoms with Crippen LogP contribution in [0.5, 0.6) is 0 Å². The smallest absolute Gasteiger partial charge is 0.256 e. The number of piperidine rings is 1. The Bertz CT molecular complexity index is 687. The lowest BCUT2D eigenvalue weighted by Gasteiger charge is -2.34. The third-order valence-corrected chi connectivity index (χ3v) is 4.71. The first kappa shape index (κ1) is 16.0. The lowest BCUT2D eigenvalue weighted by Crippen LogP contribution is -2.51. The number of aryl methyl sites for hydroxylation is 1. The highest BCUT2D eigenvalue weighted by Gasteiger charge is 2.39. The van der Waals surface area contributed by atoms with Crippen LogP contribution >= 0.6 is 0 Å². The summed E-state index contributed by atoms with van der Waals surface area (Å²) >= 11 is 0. The quantitative estimate of drug-likeness (QED) is 0.892. The number of ether oxygens (including phenoxy) is 1. The fraction of sp³-hybridized carbons (Fsp3) is 0.500. The second-order valence-electron chi connectivity index (χ2n) is 6.19. The van der Waals surface area contributed by atoms with E-state index in [0.29, 0.717) is 12.8 Å². The zero-order valence-electron chi connectivity index (χ0n) is 13.9. The van der Waals surface area contributed by atoms with Crippen LogP contribution in [-0.2, 0) is 16.1 Å². The summed E-state index contributed by atoms with van der Waals surface area (Å²) in [5.74, 6) is -0.0468. The average Bonchev–Trinajstić information content (AvgIpc) is 2.98. The molecular formula is C18H25N3O2. The number of nitrogens with one attached hydrogen (secondary N) is 2. The number of fused-ring (bicyclic) bond motifs is 1. The Morgan fingerprint density at radius 1 is 1.35 bits per heavy atom. The normalized spacial score (nSPS) is 17.3. The van der Waals surface area contributed by atoms with E-state index in [1.165, 1.54) is 5.39 Å². The van der Waals surface area contributed by atoms with Crippen molar-refractivity contribution in [2.75, 3.05) is 25.5 Å². The Labute approximate surface area is 137 Å². The minimum Gasteiger partial charge on any atom is -0.368 e. The fourth-order valence-corrected chi connectivity index (χ4v) is 3.30. The summed E-state index contributed by atoms with van der Waals surface area (Å²) in [5, 5.41) is 7.52. The van der Waals surface area contributed by atoms with Crippen LogP contribution in [-0.4, -0.2) is 36.3 Å². The Morgan fingerprint density at radius 3 is 2.83 bits per heavy atom. The molecule has 0 atom stereocenters. The average molecular weight is 315 g/mol. The molecule has 1 aromatic carbocycles. The molecule has 0 radical (unpaired) electrons. The summed E-state index contributed by atoms with van der Waals surface area (Å²) in [6, 6.07) is 8.17. The highest BCUT2D eigenvalue weighted by molar-refractivity contribution is 5.99. The molecule has 1 amide bonds. The predicted octanol–water partition coefficient (Wildman–Crippen LogP) is 2.76. The molecule has 1 aliphatic heterocycles. The Hall–Kier alpha value is -1.85. The van der Waals surface area contributed by atoms with E-state index in [0.717, 1.165) is 37.3 Å². The van der Waals surface area contributed by atoms with Gasteiger partial charge in [-0.05, 0) is 55.9 Å². The van der Waals surface area contributed by atoms with Crippen LogP contribution in [0.25, 0.3) is 10.9 Å². The minimum absolute atomic E-state index is 0.0468. The predicted molar refractivity (Wildman–Crippen MR) is 92.7 cm³/mol. The summed E-state index contributed by atoms with van der Waals surface area (Å²) < 4.78 is 7.81. The van der Waals surface area contributed by atoms with Gasteiger partial charge in [0.15, 0.2) is 0 Å². The van der Waals surface area contributed by atoms with Gasteiger partial charge in [0.2, 0.25) is 0 Å². The van der Waals surface area contributed by atoms with Crippen molar-refractivity contribution in [3.05, 3.63) is 30.5 Å². The molecule has 1 aromatic heterocycles. The van der Waals surface area contributed by atoms with Crippen LogP contribution < -0.4 is 10.6 Å². The van der Waals surface area contributed by atoms with E-state index in [2.05, 4.69) is 40.5 Å². The van der Waals surface area contributed by atoms with Crippen LogP contribution in [0.3, 0.4) is 0 Å². The van der Waals surface area contributed by atoms with Crippen LogP contribution in [0.4, 0.5) is 5.69 Å². The van der Waals surface area contributed by atoms with E-state index < -0.39 is 5.60 Å². The maximum atomic E-state index is 12.7. The zero-order chi connectivity index (χ0) is 16.3. The van der Waals surface area contributed by atoms with Crippen molar-refractivity contribution >= 4 is 22.5 Å². The number of rotatable bonds is 5. The Balaban J connectivity index is 1.82. The number of carbonyl (C=O) groups is 1. The molecule has 0 aliphatic carbocycles. The van der Waals surface area contributed by atoms with Crippen LogP contribution in [0, 0.1) is 0 Å². The van der Waals surface area contributed by atoms with E-state index in [1.807, 2.05) is 12.1 Å². The molecule has 1 fully saturated rings. The van der Waals surface area contributed by atoms with Crippen molar-refractivity contribution in [3.8, 4) is 0 Å². The van der Waals surface area contributed by atoms with Crippen molar-refractivity contribution < 1.29 is 9.53 Å². The summed E-state index contributed by atoms with van der Waals surface area (Å²) in [7, 11) is 1.63. The summed E-state index contributed by atoms with van der Waals surface area (Å²) in [6.07, 6.45) is 4.58. The van der Waals surface area contributed by atoms with Gasteiger partial charge in [0, 0.05) is 25.5 Å². The summed E-state index contributed by atoms with van der Waals surface area (Å²) in [5.41, 5.74) is 1.26. The number of carbonyl (C=O) groups excluding carboxylic acids is 1. The molecular weight excluding hydrogens is 290 g/mol. The van der Waals surface area contributed by atoms with Crippen molar-refractivity contribution in [2.45, 2.75) is 38.3 Å². The number of hydrogen-bond donors (Lipinski definition) is 2. The Morgan fingerprint density at radius 2 is 2.13 bits per heavy atom. The summed E-state index contributed by atoms with van der Waals surface area (Å²) in [6.45, 7) is 4.75. The number of aromatic nitrogens is 1. The SMILES string of the molecule is CCCn1ccc2ccc(NC(=O)C3(OC)CCNCC3)cc21. The number of nitrogens with zero attached hydrogens (tertiary/aromatic N) is 1. The van der Waals surface area contributed by atoms with Gasteiger partial charge in [-0.3, -0.25) is 4.79 Å². The maximum Gasteiger partial charge on any atom is 0.256 e. The van der Waals surface area contributed by atoms with Gasteiger partial charge < -0.3 is 19.9 Å². The third-order valence-electron chi connectivity index (χ3n) is 4.71. The minimum atomic E-state index is -0.717. The number of benzene rings is 1. The summed E-state index contributed by atoms with van der Waals surface area (Å²) in [4.78, 5) is 12.7. The van der Waals surface area contributed by atoms with E-state index in [-0.39, 0.29) is 5.91 Å².